The van der Waals surface area contributed by atoms with Crippen molar-refractivity contribution in [3.05, 3.63) is 35.9 Å². The second kappa shape index (κ2) is 25.2. The molecule has 0 aliphatic heterocycles. The average Bonchev–Trinajstić information content (AvgIpc) is 2.85. The fourth-order valence-electron chi connectivity index (χ4n) is 5.26. The molecule has 0 nitrogen and oxygen atoms in total. The van der Waals surface area contributed by atoms with Gasteiger partial charge in [-0.15, -0.1) is 17.0 Å². The molecule has 0 spiro atoms. The van der Waals surface area contributed by atoms with Crippen LogP contribution in [-0.4, -0.2) is 18.5 Å². The second-order valence-electron chi connectivity index (χ2n) is 10.7. The van der Waals surface area contributed by atoms with Crippen LogP contribution in [-0.2, 0) is 6.16 Å². The van der Waals surface area contributed by atoms with Gasteiger partial charge in [-0.3, -0.25) is 0 Å². The molecule has 34 heavy (non-hydrogen) atoms. The summed E-state index contributed by atoms with van der Waals surface area (Å²) in [5.41, 5.74) is 1.60. The van der Waals surface area contributed by atoms with Gasteiger partial charge in [-0.25, -0.2) is 0 Å². The van der Waals surface area contributed by atoms with Gasteiger partial charge in [-0.1, -0.05) is 0 Å². The maximum atomic E-state index is 2.38. The summed E-state index contributed by atoms with van der Waals surface area (Å²) in [6.07, 6.45) is 32.6. The fraction of sp³-hybridized carbons (Fsp3) is 0.806. The van der Waals surface area contributed by atoms with E-state index in [0.29, 0.717) is 0 Å². The standard InChI is InChI=1S/C31H60P2.BrH/c1-4-7-10-13-16-22-27-33(28-23-17-14-11-8-5-2,29-24-18-15-12-9-6-3)32-30-31-25-20-19-21-26-31;/h19-21,25-26,32-33H,4-18,22-24,27-30H2,1-3H3;1H. The van der Waals surface area contributed by atoms with Gasteiger partial charge in [0, 0.05) is 0 Å². The number of halogens is 1. The Hall–Kier alpha value is 0.560. The Bertz CT molecular complexity index is 479. The molecule has 1 atom stereocenters. The Balaban J connectivity index is 0.0000109. The molecule has 0 aliphatic carbocycles. The van der Waals surface area contributed by atoms with Crippen molar-refractivity contribution in [1.29, 1.82) is 0 Å². The van der Waals surface area contributed by atoms with Crippen LogP contribution in [0.3, 0.4) is 0 Å². The van der Waals surface area contributed by atoms with Gasteiger partial charge in [0.1, 0.15) is 0 Å². The van der Waals surface area contributed by atoms with Crippen molar-refractivity contribution in [3.63, 3.8) is 0 Å². The van der Waals surface area contributed by atoms with Crippen molar-refractivity contribution in [3.8, 4) is 0 Å². The predicted octanol–water partition coefficient (Wildman–Crippen LogP) is 12.2. The average molecular weight is 576 g/mol. The minimum atomic E-state index is -1.16. The number of benzene rings is 1. The van der Waals surface area contributed by atoms with E-state index in [1.165, 1.54) is 130 Å². The molecule has 0 aromatic heterocycles. The Morgan fingerprint density at radius 2 is 0.853 bits per heavy atom. The number of hydrogen-bond donors (Lipinski definition) is 0. The molecule has 1 aromatic rings. The van der Waals surface area contributed by atoms with Crippen LogP contribution in [0.25, 0.3) is 0 Å². The van der Waals surface area contributed by atoms with Gasteiger partial charge in [-0.05, 0) is 0 Å². The second-order valence-corrected chi connectivity index (χ2v) is 19.7. The van der Waals surface area contributed by atoms with Crippen molar-refractivity contribution in [2.24, 2.45) is 0 Å². The third-order valence-electron chi connectivity index (χ3n) is 7.54. The van der Waals surface area contributed by atoms with Crippen LogP contribution >= 0.6 is 32.2 Å². The molecule has 0 aliphatic rings. The van der Waals surface area contributed by atoms with Gasteiger partial charge < -0.3 is 0 Å². The van der Waals surface area contributed by atoms with Crippen LogP contribution < -0.4 is 0 Å². The first kappa shape index (κ1) is 34.6. The van der Waals surface area contributed by atoms with Crippen molar-refractivity contribution in [1.82, 2.24) is 0 Å². The maximum absolute atomic E-state index is 2.38. The van der Waals surface area contributed by atoms with Gasteiger partial charge in [0.15, 0.2) is 0 Å². The van der Waals surface area contributed by atoms with E-state index in [2.05, 4.69) is 51.1 Å². The summed E-state index contributed by atoms with van der Waals surface area (Å²) < 4.78 is 0. The summed E-state index contributed by atoms with van der Waals surface area (Å²) in [5, 5.41) is 0. The molecular formula is C31H61BrP2. The molecule has 202 valence electrons. The third kappa shape index (κ3) is 18.8. The molecule has 1 rings (SSSR count). The molecule has 0 amide bonds. The van der Waals surface area contributed by atoms with Crippen LogP contribution in [0.4, 0.5) is 0 Å². The first-order valence-electron chi connectivity index (χ1n) is 15.0. The van der Waals surface area contributed by atoms with Crippen LogP contribution in [0, 0.1) is 0 Å². The van der Waals surface area contributed by atoms with Crippen LogP contribution in [0.2, 0.25) is 0 Å². The summed E-state index contributed by atoms with van der Waals surface area (Å²) in [6, 6.07) is 11.4. The van der Waals surface area contributed by atoms with Crippen LogP contribution in [0.15, 0.2) is 30.3 Å². The van der Waals surface area contributed by atoms with Gasteiger partial charge >= 0.3 is 212 Å². The third-order valence-corrected chi connectivity index (χ3v) is 17.8. The summed E-state index contributed by atoms with van der Waals surface area (Å²) in [5.74, 6) is 0. The van der Waals surface area contributed by atoms with Gasteiger partial charge in [0.25, 0.3) is 0 Å². The SMILES string of the molecule is Br.CCCCCCCC[PH](CCCCCCCC)(CCCCCCCC)PCc1ccccc1. The number of rotatable bonds is 24. The molecule has 0 bridgehead atoms. The van der Waals surface area contributed by atoms with Gasteiger partial charge in [0.2, 0.25) is 0 Å². The molecule has 1 unspecified atom stereocenters. The fourth-order valence-corrected chi connectivity index (χ4v) is 15.1. The van der Waals surface area contributed by atoms with Gasteiger partial charge in [-0.2, -0.15) is 0 Å². The van der Waals surface area contributed by atoms with Crippen molar-refractivity contribution < 1.29 is 0 Å². The van der Waals surface area contributed by atoms with E-state index >= 15 is 0 Å². The van der Waals surface area contributed by atoms with Crippen molar-refractivity contribution in [2.75, 3.05) is 18.5 Å². The van der Waals surface area contributed by atoms with Crippen LogP contribution in [0.5, 0.6) is 0 Å². The van der Waals surface area contributed by atoms with E-state index < -0.39 is 6.95 Å². The zero-order valence-corrected chi connectivity index (χ0v) is 27.1. The van der Waals surface area contributed by atoms with Crippen molar-refractivity contribution >= 4 is 32.2 Å². The van der Waals surface area contributed by atoms with E-state index in [9.17, 15) is 0 Å². The summed E-state index contributed by atoms with van der Waals surface area (Å²) in [4.78, 5) is 0. The summed E-state index contributed by atoms with van der Waals surface area (Å²) in [6.45, 7) is 5.85. The Morgan fingerprint density at radius 3 is 1.24 bits per heavy atom. The number of unbranched alkanes of at least 4 members (excludes halogenated alkanes) is 15. The minimum absolute atomic E-state index is 0. The van der Waals surface area contributed by atoms with E-state index in [4.69, 9.17) is 0 Å². The van der Waals surface area contributed by atoms with Crippen LogP contribution in [0.1, 0.15) is 142 Å². The first-order chi connectivity index (χ1) is 16.3. The van der Waals surface area contributed by atoms with Crippen molar-refractivity contribution in [2.45, 2.75) is 143 Å². The quantitative estimate of drug-likeness (QED) is 0.0850. The van der Waals surface area contributed by atoms with E-state index in [1.54, 1.807) is 24.0 Å². The molecule has 3 heteroatoms. The van der Waals surface area contributed by atoms with E-state index in [1.807, 2.05) is 0 Å². The molecular weight excluding hydrogens is 514 g/mol. The Labute approximate surface area is 228 Å². The van der Waals surface area contributed by atoms with E-state index in [-0.39, 0.29) is 17.0 Å². The van der Waals surface area contributed by atoms with E-state index in [0.717, 1.165) is 0 Å². The Morgan fingerprint density at radius 1 is 0.500 bits per heavy atom. The molecule has 0 N–H and O–H groups in total. The summed E-state index contributed by atoms with van der Waals surface area (Å²) >= 11 is 0. The van der Waals surface area contributed by atoms with Gasteiger partial charge in [0.05, 0.1) is 0 Å². The molecule has 0 heterocycles. The summed E-state index contributed by atoms with van der Waals surface area (Å²) in [7, 11) is 1.25. The molecule has 1 aromatic carbocycles. The number of hydrogen-bond acceptors (Lipinski definition) is 0. The monoisotopic (exact) mass is 574 g/mol. The zero-order valence-electron chi connectivity index (χ0n) is 23.4. The molecule has 0 saturated heterocycles. The first-order valence-corrected chi connectivity index (χ1v) is 19.9. The zero-order chi connectivity index (χ0) is 23.9. The molecule has 0 radical (unpaired) electrons. The molecule has 0 saturated carbocycles. The molecule has 0 fully saturated rings. The normalized spacial score (nSPS) is 12.3. The topological polar surface area (TPSA) is 0 Å². The predicted molar refractivity (Wildman–Crippen MR) is 172 cm³/mol. The Kier molecular flexibility index (Phi) is 25.6.